The number of ether oxygens (including phenoxy) is 3. The Balaban J connectivity index is 1.28. The number of hydrogen-bond acceptors (Lipinski definition) is 7. The summed E-state index contributed by atoms with van der Waals surface area (Å²) in [5.74, 6) is 2.97. The van der Waals surface area contributed by atoms with Crippen molar-refractivity contribution in [2.24, 2.45) is 0 Å². The van der Waals surface area contributed by atoms with Gasteiger partial charge in [0.15, 0.2) is 12.4 Å². The summed E-state index contributed by atoms with van der Waals surface area (Å²) in [6.07, 6.45) is 0. The highest BCUT2D eigenvalue weighted by Crippen LogP contribution is 2.28. The zero-order valence-corrected chi connectivity index (χ0v) is 18.9. The van der Waals surface area contributed by atoms with Crippen LogP contribution in [0.3, 0.4) is 0 Å². The van der Waals surface area contributed by atoms with E-state index < -0.39 is 0 Å². The van der Waals surface area contributed by atoms with Crippen molar-refractivity contribution in [1.82, 2.24) is 15.1 Å². The molecule has 1 fully saturated rings. The third kappa shape index (κ3) is 5.52. The predicted molar refractivity (Wildman–Crippen MR) is 126 cm³/mol. The van der Waals surface area contributed by atoms with Crippen LogP contribution in [0.15, 0.2) is 60.7 Å². The summed E-state index contributed by atoms with van der Waals surface area (Å²) in [6.45, 7) is 5.17. The van der Waals surface area contributed by atoms with Gasteiger partial charge in [0.25, 0.3) is 5.91 Å². The molecule has 0 unspecified atom stereocenters. The number of rotatable bonds is 8. The molecule has 0 bridgehead atoms. The Hall–Kier alpha value is -3.81. The maximum Gasteiger partial charge on any atom is 0.260 e. The van der Waals surface area contributed by atoms with Crippen LogP contribution in [0.1, 0.15) is 6.92 Å². The van der Waals surface area contributed by atoms with E-state index in [2.05, 4.69) is 15.1 Å². The van der Waals surface area contributed by atoms with Crippen molar-refractivity contribution in [3.8, 4) is 28.5 Å². The van der Waals surface area contributed by atoms with Crippen LogP contribution in [0.4, 0.5) is 5.82 Å². The molecule has 0 atom stereocenters. The summed E-state index contributed by atoms with van der Waals surface area (Å²) in [5.41, 5.74) is 1.67. The topological polar surface area (TPSA) is 77.0 Å². The van der Waals surface area contributed by atoms with Crippen molar-refractivity contribution < 1.29 is 19.0 Å². The van der Waals surface area contributed by atoms with Crippen LogP contribution in [0.25, 0.3) is 11.3 Å². The van der Waals surface area contributed by atoms with Crippen LogP contribution in [-0.4, -0.2) is 67.5 Å². The Morgan fingerprint density at radius 1 is 0.879 bits per heavy atom. The number of methoxy groups -OCH3 is 1. The molecule has 1 aliphatic heterocycles. The molecule has 0 N–H and O–H groups in total. The van der Waals surface area contributed by atoms with Crippen LogP contribution in [0.5, 0.6) is 17.2 Å². The number of aromatic nitrogens is 2. The molecule has 2 heterocycles. The average Bonchev–Trinajstić information content (AvgIpc) is 2.88. The molecule has 1 amide bonds. The lowest BCUT2D eigenvalue weighted by atomic mass is 10.1. The molecule has 1 aliphatic rings. The number of para-hydroxylation sites is 1. The molecular weight excluding hydrogens is 420 g/mol. The lowest BCUT2D eigenvalue weighted by Crippen LogP contribution is -2.50. The first-order valence-electron chi connectivity index (χ1n) is 11.0. The number of anilines is 1. The Morgan fingerprint density at radius 2 is 1.58 bits per heavy atom. The largest absolute Gasteiger partial charge is 0.496 e. The zero-order valence-electron chi connectivity index (χ0n) is 18.9. The van der Waals surface area contributed by atoms with Crippen LogP contribution in [0.2, 0.25) is 0 Å². The van der Waals surface area contributed by atoms with Crippen molar-refractivity contribution in [2.45, 2.75) is 6.92 Å². The molecule has 4 rings (SSSR count). The summed E-state index contributed by atoms with van der Waals surface area (Å²) in [6, 6.07) is 18.9. The van der Waals surface area contributed by atoms with Gasteiger partial charge in [0.2, 0.25) is 0 Å². The van der Waals surface area contributed by atoms with Crippen molar-refractivity contribution >= 4 is 11.7 Å². The molecule has 0 radical (unpaired) electrons. The van der Waals surface area contributed by atoms with Gasteiger partial charge < -0.3 is 24.0 Å². The van der Waals surface area contributed by atoms with Gasteiger partial charge in [-0.15, -0.1) is 10.2 Å². The number of benzene rings is 2. The second kappa shape index (κ2) is 10.7. The molecule has 0 spiro atoms. The lowest BCUT2D eigenvalue weighted by molar-refractivity contribution is -0.133. The van der Waals surface area contributed by atoms with Gasteiger partial charge in [-0.05, 0) is 55.5 Å². The Kier molecular flexibility index (Phi) is 7.24. The maximum atomic E-state index is 12.6. The van der Waals surface area contributed by atoms with Crippen molar-refractivity contribution in [1.29, 1.82) is 0 Å². The van der Waals surface area contributed by atoms with Gasteiger partial charge in [-0.2, -0.15) is 0 Å². The number of carbonyl (C=O) groups is 1. The first kappa shape index (κ1) is 22.4. The maximum absolute atomic E-state index is 12.6. The minimum atomic E-state index is -0.0267. The van der Waals surface area contributed by atoms with Gasteiger partial charge in [0, 0.05) is 31.7 Å². The number of amides is 1. The summed E-state index contributed by atoms with van der Waals surface area (Å²) >= 11 is 0. The summed E-state index contributed by atoms with van der Waals surface area (Å²) < 4.78 is 16.5. The molecule has 0 aliphatic carbocycles. The highest BCUT2D eigenvalue weighted by atomic mass is 16.5. The number of piperazine rings is 1. The second-order valence-electron chi connectivity index (χ2n) is 7.54. The predicted octanol–water partition coefficient (Wildman–Crippen LogP) is 3.28. The van der Waals surface area contributed by atoms with E-state index >= 15 is 0 Å². The normalized spacial score (nSPS) is 13.5. The Bertz CT molecular complexity index is 1050. The Morgan fingerprint density at radius 3 is 2.21 bits per heavy atom. The smallest absolute Gasteiger partial charge is 0.260 e. The Labute approximate surface area is 193 Å². The number of hydrogen-bond donors (Lipinski definition) is 0. The van der Waals surface area contributed by atoms with Crippen LogP contribution in [0, 0.1) is 0 Å². The van der Waals surface area contributed by atoms with E-state index in [1.54, 1.807) is 7.11 Å². The van der Waals surface area contributed by atoms with Gasteiger partial charge in [-0.1, -0.05) is 12.1 Å². The van der Waals surface area contributed by atoms with E-state index in [0.717, 1.165) is 28.6 Å². The molecule has 8 heteroatoms. The van der Waals surface area contributed by atoms with E-state index in [1.165, 1.54) is 0 Å². The van der Waals surface area contributed by atoms with Crippen molar-refractivity contribution in [2.75, 3.05) is 51.4 Å². The first-order valence-corrected chi connectivity index (χ1v) is 11.0. The van der Waals surface area contributed by atoms with Crippen LogP contribution in [-0.2, 0) is 4.79 Å². The van der Waals surface area contributed by atoms with Crippen molar-refractivity contribution in [3.63, 3.8) is 0 Å². The van der Waals surface area contributed by atoms with E-state index in [9.17, 15) is 4.79 Å². The SMILES string of the molecule is CCOc1ccc(OCC(=O)N2CCN(c3ccc(-c4ccccc4OC)nn3)CC2)cc1. The molecular formula is C25H28N4O4. The van der Waals surface area contributed by atoms with E-state index in [4.69, 9.17) is 14.2 Å². The standard InChI is InChI=1S/C25H28N4O4/c1-3-32-19-8-10-20(11-9-19)33-18-25(30)29-16-14-28(15-17-29)24-13-12-22(26-27-24)21-6-4-5-7-23(21)31-2/h4-13H,3,14-18H2,1-2H3. The zero-order chi connectivity index (χ0) is 23.0. The molecule has 1 saturated heterocycles. The second-order valence-corrected chi connectivity index (χ2v) is 7.54. The van der Waals surface area contributed by atoms with Gasteiger partial charge in [0.1, 0.15) is 17.2 Å². The summed E-state index contributed by atoms with van der Waals surface area (Å²) in [5, 5.41) is 8.79. The highest BCUT2D eigenvalue weighted by molar-refractivity contribution is 5.78. The van der Waals surface area contributed by atoms with Crippen molar-refractivity contribution in [3.05, 3.63) is 60.7 Å². The fourth-order valence-corrected chi connectivity index (χ4v) is 3.71. The van der Waals surface area contributed by atoms with Crippen LogP contribution < -0.4 is 19.1 Å². The quantitative estimate of drug-likeness (QED) is 0.523. The fraction of sp³-hybridized carbons (Fsp3) is 0.320. The van der Waals surface area contributed by atoms with Crippen LogP contribution >= 0.6 is 0 Å². The van der Waals surface area contributed by atoms with Gasteiger partial charge in [0.05, 0.1) is 19.4 Å². The molecule has 8 nitrogen and oxygen atoms in total. The molecule has 33 heavy (non-hydrogen) atoms. The first-order chi connectivity index (χ1) is 16.2. The summed E-state index contributed by atoms with van der Waals surface area (Å²) in [7, 11) is 1.64. The highest BCUT2D eigenvalue weighted by Gasteiger charge is 2.22. The molecule has 3 aromatic rings. The van der Waals surface area contributed by atoms with Gasteiger partial charge in [-0.3, -0.25) is 4.79 Å². The third-order valence-electron chi connectivity index (χ3n) is 5.49. The third-order valence-corrected chi connectivity index (χ3v) is 5.49. The average molecular weight is 449 g/mol. The van der Waals surface area contributed by atoms with E-state index in [-0.39, 0.29) is 12.5 Å². The minimum Gasteiger partial charge on any atom is -0.496 e. The molecule has 172 valence electrons. The van der Waals surface area contributed by atoms with E-state index in [1.807, 2.05) is 72.5 Å². The fourth-order valence-electron chi connectivity index (χ4n) is 3.71. The van der Waals surface area contributed by atoms with Gasteiger partial charge >= 0.3 is 0 Å². The molecule has 0 saturated carbocycles. The van der Waals surface area contributed by atoms with Gasteiger partial charge in [-0.25, -0.2) is 0 Å². The number of carbonyl (C=O) groups excluding carboxylic acids is 1. The number of nitrogens with zero attached hydrogens (tertiary/aromatic N) is 4. The molecule has 1 aromatic heterocycles. The monoisotopic (exact) mass is 448 g/mol. The minimum absolute atomic E-state index is 0.0153. The lowest BCUT2D eigenvalue weighted by Gasteiger charge is -2.35. The summed E-state index contributed by atoms with van der Waals surface area (Å²) in [4.78, 5) is 16.5. The van der Waals surface area contributed by atoms with E-state index in [0.29, 0.717) is 38.5 Å². The molecule has 2 aromatic carbocycles.